The van der Waals surface area contributed by atoms with Crippen LogP contribution in [0.25, 0.3) is 0 Å². The summed E-state index contributed by atoms with van der Waals surface area (Å²) in [6.45, 7) is 2.93. The van der Waals surface area contributed by atoms with Crippen molar-refractivity contribution >= 4 is 17.5 Å². The van der Waals surface area contributed by atoms with E-state index in [0.29, 0.717) is 18.2 Å². The first-order valence-corrected chi connectivity index (χ1v) is 9.83. The summed E-state index contributed by atoms with van der Waals surface area (Å²) in [5, 5.41) is 0. The first-order chi connectivity index (χ1) is 13.6. The smallest absolute Gasteiger partial charge is 0.228 e. The molecule has 28 heavy (non-hydrogen) atoms. The maximum Gasteiger partial charge on any atom is 0.228 e. The van der Waals surface area contributed by atoms with Gasteiger partial charge in [0.25, 0.3) is 0 Å². The lowest BCUT2D eigenvalue weighted by molar-refractivity contribution is -0.137. The molecular formula is C21H26N4O3. The Bertz CT molecular complexity index is 828. The Morgan fingerprint density at radius 3 is 2.82 bits per heavy atom. The largest absolute Gasteiger partial charge is 0.497 e. The second kappa shape index (κ2) is 8.04. The van der Waals surface area contributed by atoms with Gasteiger partial charge in [0, 0.05) is 56.7 Å². The third-order valence-corrected chi connectivity index (χ3v) is 5.79. The molecule has 0 spiro atoms. The predicted molar refractivity (Wildman–Crippen MR) is 105 cm³/mol. The van der Waals surface area contributed by atoms with Crippen LogP contribution in [-0.4, -0.2) is 53.0 Å². The highest BCUT2D eigenvalue weighted by Gasteiger charge is 2.38. The van der Waals surface area contributed by atoms with Crippen molar-refractivity contribution in [2.24, 2.45) is 11.8 Å². The molecule has 0 saturated carbocycles. The second-order valence-corrected chi connectivity index (χ2v) is 7.64. The zero-order chi connectivity index (χ0) is 19.5. The van der Waals surface area contributed by atoms with Gasteiger partial charge >= 0.3 is 0 Å². The highest BCUT2D eigenvalue weighted by atomic mass is 16.5. The van der Waals surface area contributed by atoms with E-state index in [1.165, 1.54) is 0 Å². The number of likely N-dealkylation sites (tertiary alicyclic amines) is 1. The number of ether oxygens (including phenoxy) is 1. The second-order valence-electron chi connectivity index (χ2n) is 7.64. The number of carbonyl (C=O) groups is 2. The van der Waals surface area contributed by atoms with Crippen molar-refractivity contribution in [1.29, 1.82) is 0 Å². The minimum atomic E-state index is -0.260. The minimum absolute atomic E-state index is 0.00148. The normalized spacial score (nSPS) is 20.6. The van der Waals surface area contributed by atoms with E-state index in [0.717, 1.165) is 38.2 Å². The number of amides is 2. The molecule has 1 atom stereocenters. The molecule has 7 nitrogen and oxygen atoms in total. The van der Waals surface area contributed by atoms with Gasteiger partial charge in [0.2, 0.25) is 11.8 Å². The molecule has 0 bridgehead atoms. The fourth-order valence-electron chi connectivity index (χ4n) is 4.19. The summed E-state index contributed by atoms with van der Waals surface area (Å²) in [7, 11) is 1.60. The van der Waals surface area contributed by atoms with Crippen LogP contribution >= 0.6 is 0 Å². The third-order valence-electron chi connectivity index (χ3n) is 5.79. The molecule has 0 aliphatic carbocycles. The highest BCUT2D eigenvalue weighted by Crippen LogP contribution is 2.30. The fraction of sp³-hybridized carbons (Fsp3) is 0.476. The van der Waals surface area contributed by atoms with E-state index in [1.54, 1.807) is 18.2 Å². The molecule has 2 aromatic rings. The van der Waals surface area contributed by atoms with Crippen LogP contribution in [0.5, 0.6) is 5.75 Å². The Balaban J connectivity index is 1.33. The molecule has 1 aromatic heterocycles. The van der Waals surface area contributed by atoms with Gasteiger partial charge in [0.15, 0.2) is 0 Å². The Kier molecular flexibility index (Phi) is 5.32. The van der Waals surface area contributed by atoms with Gasteiger partial charge in [-0.3, -0.25) is 9.59 Å². The third kappa shape index (κ3) is 3.88. The van der Waals surface area contributed by atoms with Crippen molar-refractivity contribution in [3.05, 3.63) is 43.0 Å². The number of imidazole rings is 1. The molecule has 1 aromatic carbocycles. The summed E-state index contributed by atoms with van der Waals surface area (Å²) in [5.41, 5.74) is 0.790. The number of rotatable bonds is 5. The SMILES string of the molecule is COc1cccc(N2C[C@H](C(=O)N3CCC(Cn4ccnc4)CC3)CC2=O)c1. The molecule has 0 radical (unpaired) electrons. The van der Waals surface area contributed by atoms with E-state index < -0.39 is 0 Å². The van der Waals surface area contributed by atoms with E-state index in [2.05, 4.69) is 9.55 Å². The maximum absolute atomic E-state index is 13.0. The molecule has 148 valence electrons. The van der Waals surface area contributed by atoms with Crippen LogP contribution in [0.2, 0.25) is 0 Å². The lowest BCUT2D eigenvalue weighted by Gasteiger charge is -2.33. The molecule has 2 saturated heterocycles. The van der Waals surface area contributed by atoms with Gasteiger partial charge in [-0.15, -0.1) is 0 Å². The van der Waals surface area contributed by atoms with E-state index in [4.69, 9.17) is 4.74 Å². The summed E-state index contributed by atoms with van der Waals surface area (Å²) in [6, 6.07) is 7.43. The topological polar surface area (TPSA) is 67.7 Å². The van der Waals surface area contributed by atoms with Crippen LogP contribution in [0.1, 0.15) is 19.3 Å². The average Bonchev–Trinajstić information content (AvgIpc) is 3.37. The summed E-state index contributed by atoms with van der Waals surface area (Å²) in [5.74, 6) is 1.13. The van der Waals surface area contributed by atoms with Crippen molar-refractivity contribution in [1.82, 2.24) is 14.5 Å². The Morgan fingerprint density at radius 1 is 1.29 bits per heavy atom. The first kappa shape index (κ1) is 18.5. The molecule has 0 N–H and O–H groups in total. The van der Waals surface area contributed by atoms with Crippen molar-refractivity contribution in [3.8, 4) is 5.75 Å². The minimum Gasteiger partial charge on any atom is -0.497 e. The number of methoxy groups -OCH3 is 1. The van der Waals surface area contributed by atoms with Crippen LogP contribution in [-0.2, 0) is 16.1 Å². The zero-order valence-electron chi connectivity index (χ0n) is 16.2. The number of piperidine rings is 1. The Hall–Kier alpha value is -2.83. The monoisotopic (exact) mass is 382 g/mol. The summed E-state index contributed by atoms with van der Waals surface area (Å²) in [4.78, 5) is 33.2. The molecule has 0 unspecified atom stereocenters. The standard InChI is InChI=1S/C21H26N4O3/c1-28-19-4-2-3-18(12-19)25-14-17(11-20(25)26)21(27)24-8-5-16(6-9-24)13-23-10-7-22-15-23/h2-4,7,10,12,15-17H,5-6,8-9,11,13-14H2,1H3/t17-/m1/s1. The number of hydrogen-bond donors (Lipinski definition) is 0. The number of carbonyl (C=O) groups excluding carboxylic acids is 2. The van der Waals surface area contributed by atoms with Gasteiger partial charge in [-0.1, -0.05) is 6.07 Å². The number of anilines is 1. The molecule has 2 fully saturated rings. The van der Waals surface area contributed by atoms with E-state index in [1.807, 2.05) is 41.7 Å². The van der Waals surface area contributed by atoms with Crippen LogP contribution in [0.4, 0.5) is 5.69 Å². The van der Waals surface area contributed by atoms with Gasteiger partial charge in [-0.25, -0.2) is 4.98 Å². The van der Waals surface area contributed by atoms with E-state index >= 15 is 0 Å². The molecule has 7 heteroatoms. The van der Waals surface area contributed by atoms with E-state index in [-0.39, 0.29) is 24.2 Å². The average molecular weight is 382 g/mol. The lowest BCUT2D eigenvalue weighted by atomic mass is 9.95. The van der Waals surface area contributed by atoms with Gasteiger partial charge < -0.3 is 19.1 Å². The maximum atomic E-state index is 13.0. The summed E-state index contributed by atoms with van der Waals surface area (Å²) < 4.78 is 7.35. The Labute approximate surface area is 164 Å². The zero-order valence-corrected chi connectivity index (χ0v) is 16.2. The van der Waals surface area contributed by atoms with Crippen molar-refractivity contribution < 1.29 is 14.3 Å². The van der Waals surface area contributed by atoms with E-state index in [9.17, 15) is 9.59 Å². The highest BCUT2D eigenvalue weighted by molar-refractivity contribution is 6.00. The van der Waals surface area contributed by atoms with Crippen molar-refractivity contribution in [2.75, 3.05) is 31.6 Å². The number of hydrogen-bond acceptors (Lipinski definition) is 4. The predicted octanol–water partition coefficient (Wildman–Crippen LogP) is 2.18. The van der Waals surface area contributed by atoms with Gasteiger partial charge in [0.1, 0.15) is 5.75 Å². The van der Waals surface area contributed by atoms with Gasteiger partial charge in [0.05, 0.1) is 19.4 Å². The molecule has 4 rings (SSSR count). The summed E-state index contributed by atoms with van der Waals surface area (Å²) in [6.07, 6.45) is 7.88. The molecule has 3 heterocycles. The molecule has 2 aliphatic heterocycles. The van der Waals surface area contributed by atoms with Crippen LogP contribution in [0.15, 0.2) is 43.0 Å². The molecule has 2 aliphatic rings. The van der Waals surface area contributed by atoms with Crippen LogP contribution in [0.3, 0.4) is 0 Å². The van der Waals surface area contributed by atoms with Crippen molar-refractivity contribution in [2.45, 2.75) is 25.8 Å². The number of benzene rings is 1. The fourth-order valence-corrected chi connectivity index (χ4v) is 4.19. The lowest BCUT2D eigenvalue weighted by Crippen LogP contribution is -2.43. The number of aromatic nitrogens is 2. The summed E-state index contributed by atoms with van der Waals surface area (Å²) >= 11 is 0. The Morgan fingerprint density at radius 2 is 2.11 bits per heavy atom. The van der Waals surface area contributed by atoms with Crippen LogP contribution < -0.4 is 9.64 Å². The molecule has 2 amide bonds. The van der Waals surface area contributed by atoms with Crippen LogP contribution in [0, 0.1) is 11.8 Å². The van der Waals surface area contributed by atoms with Gasteiger partial charge in [-0.05, 0) is 30.9 Å². The first-order valence-electron chi connectivity index (χ1n) is 9.83. The molecular weight excluding hydrogens is 356 g/mol. The number of nitrogens with zero attached hydrogens (tertiary/aromatic N) is 4. The van der Waals surface area contributed by atoms with Crippen molar-refractivity contribution in [3.63, 3.8) is 0 Å². The van der Waals surface area contributed by atoms with Gasteiger partial charge in [-0.2, -0.15) is 0 Å². The quantitative estimate of drug-likeness (QED) is 0.795.